The van der Waals surface area contributed by atoms with Crippen molar-refractivity contribution in [3.05, 3.63) is 212 Å². The number of hydrogen-bond acceptors (Lipinski definition) is 3. The van der Waals surface area contributed by atoms with Gasteiger partial charge in [0.15, 0.2) is 0 Å². The first-order valence-corrected chi connectivity index (χ1v) is 25.0. The van der Waals surface area contributed by atoms with Gasteiger partial charge in [-0.05, 0) is 83.4 Å². The number of nitrogens with zero attached hydrogens (tertiary/aromatic N) is 2. The highest BCUT2D eigenvalue weighted by Gasteiger charge is 2.28. The fraction of sp³-hybridized carbons (Fsp3) is 0.0690. The molecule has 0 saturated carbocycles. The maximum absolute atomic E-state index is 7.14. The van der Waals surface area contributed by atoms with Crippen LogP contribution in [-0.4, -0.2) is 8.07 Å². The third-order valence-corrected chi connectivity index (χ3v) is 14.5. The van der Waals surface area contributed by atoms with Crippen LogP contribution < -0.4 is 19.7 Å². The Balaban J connectivity index is 1.14. The van der Waals surface area contributed by atoms with E-state index in [2.05, 4.69) is 243 Å². The minimum absolute atomic E-state index is 0.863. The summed E-state index contributed by atoms with van der Waals surface area (Å²) in [6.45, 7) is 9.36. The second-order valence-electron chi connectivity index (χ2n) is 17.5. The van der Waals surface area contributed by atoms with E-state index in [4.69, 9.17) is 4.74 Å². The van der Waals surface area contributed by atoms with Gasteiger partial charge in [-0.15, -0.1) is 0 Å². The largest absolute Gasteiger partial charge is 0.456 e. The average Bonchev–Trinajstić information content (AvgIpc) is 3.30. The highest BCUT2D eigenvalue weighted by Crippen LogP contribution is 2.54. The van der Waals surface area contributed by atoms with E-state index in [-0.39, 0.29) is 0 Å². The van der Waals surface area contributed by atoms with Gasteiger partial charge >= 0.3 is 0 Å². The molecule has 298 valence electrons. The second-order valence-corrected chi connectivity index (χ2v) is 22.5. The van der Waals surface area contributed by atoms with E-state index in [1.54, 1.807) is 0 Å². The van der Waals surface area contributed by atoms with E-state index in [9.17, 15) is 0 Å². The molecular formula is C58H46N2OSi. The van der Waals surface area contributed by atoms with Gasteiger partial charge in [0.05, 0.1) is 30.8 Å². The van der Waals surface area contributed by atoms with Gasteiger partial charge < -0.3 is 14.5 Å². The Morgan fingerprint density at radius 2 is 0.935 bits per heavy atom. The lowest BCUT2D eigenvalue weighted by atomic mass is 9.91. The van der Waals surface area contributed by atoms with Crippen molar-refractivity contribution < 1.29 is 4.74 Å². The third kappa shape index (κ3) is 6.43. The van der Waals surface area contributed by atoms with Gasteiger partial charge in [0.25, 0.3) is 0 Å². The van der Waals surface area contributed by atoms with Gasteiger partial charge in [-0.2, -0.15) is 0 Å². The molecule has 0 fully saturated rings. The molecule has 1 aliphatic heterocycles. The Morgan fingerprint density at radius 3 is 1.56 bits per heavy atom. The van der Waals surface area contributed by atoms with Crippen LogP contribution in [0.25, 0.3) is 54.6 Å². The second kappa shape index (κ2) is 14.9. The lowest BCUT2D eigenvalue weighted by molar-refractivity contribution is 0.493. The standard InChI is InChI=1S/C58H46N2OSi/c1-39-26-30-45(31-27-39)60(52-24-14-12-21-49(52)41-18-9-6-10-19-41)53-37-43-29-28-42-36-46(38-55-56(42)57(43)58-50(53)22-15-25-54(58)61-55)59(44-32-34-47(35-33-44)62(2,3)4)51-23-13-11-20-48(51)40-16-7-5-8-17-40/h5-38H,1-4H3. The fourth-order valence-electron chi connectivity index (χ4n) is 9.34. The molecule has 0 bridgehead atoms. The maximum Gasteiger partial charge on any atom is 0.138 e. The van der Waals surface area contributed by atoms with Crippen molar-refractivity contribution in [1.82, 2.24) is 0 Å². The predicted molar refractivity (Wildman–Crippen MR) is 267 cm³/mol. The zero-order chi connectivity index (χ0) is 42.0. The van der Waals surface area contributed by atoms with Crippen LogP contribution in [0.5, 0.6) is 11.5 Å². The first-order chi connectivity index (χ1) is 30.3. The molecule has 3 nitrogen and oxygen atoms in total. The molecule has 0 aromatic heterocycles. The average molecular weight is 815 g/mol. The highest BCUT2D eigenvalue weighted by molar-refractivity contribution is 6.88. The molecule has 0 atom stereocenters. The molecule has 0 aliphatic carbocycles. The van der Waals surface area contributed by atoms with Crippen molar-refractivity contribution in [1.29, 1.82) is 0 Å². The first kappa shape index (κ1) is 37.6. The van der Waals surface area contributed by atoms with Crippen LogP contribution in [0.3, 0.4) is 0 Å². The molecule has 10 aromatic carbocycles. The topological polar surface area (TPSA) is 15.7 Å². The first-order valence-electron chi connectivity index (χ1n) is 21.5. The van der Waals surface area contributed by atoms with Gasteiger partial charge in [-0.3, -0.25) is 0 Å². The number of anilines is 6. The summed E-state index contributed by atoms with van der Waals surface area (Å²) in [5, 5.41) is 8.38. The van der Waals surface area contributed by atoms with Crippen LogP contribution in [0.4, 0.5) is 34.1 Å². The number of hydrogen-bond donors (Lipinski definition) is 0. The van der Waals surface area contributed by atoms with E-state index in [1.165, 1.54) is 43.8 Å². The molecule has 0 saturated heterocycles. The monoisotopic (exact) mass is 814 g/mol. The Labute approximate surface area is 364 Å². The molecule has 4 heteroatoms. The lowest BCUT2D eigenvalue weighted by Gasteiger charge is -2.32. The maximum atomic E-state index is 7.14. The number of benzene rings is 10. The zero-order valence-corrected chi connectivity index (χ0v) is 36.4. The summed E-state index contributed by atoms with van der Waals surface area (Å²) in [6, 6.07) is 75.1. The van der Waals surface area contributed by atoms with Crippen LogP contribution in [0.2, 0.25) is 19.6 Å². The highest BCUT2D eigenvalue weighted by atomic mass is 28.3. The summed E-state index contributed by atoms with van der Waals surface area (Å²) in [4.78, 5) is 4.83. The van der Waals surface area contributed by atoms with E-state index in [0.717, 1.165) is 67.2 Å². The summed E-state index contributed by atoms with van der Waals surface area (Å²) in [7, 11) is -1.52. The molecule has 1 aliphatic rings. The van der Waals surface area contributed by atoms with Gasteiger partial charge in [0, 0.05) is 50.1 Å². The van der Waals surface area contributed by atoms with Gasteiger partial charge in [-0.1, -0.05) is 176 Å². The minimum atomic E-state index is -1.52. The Kier molecular flexibility index (Phi) is 9.06. The number of aryl methyl sites for hydroxylation is 1. The number of ether oxygens (including phenoxy) is 1. The molecule has 10 aromatic rings. The molecule has 0 radical (unpaired) electrons. The Bertz CT molecular complexity index is 3300. The van der Waals surface area contributed by atoms with Gasteiger partial charge in [0.2, 0.25) is 0 Å². The molecule has 62 heavy (non-hydrogen) atoms. The van der Waals surface area contributed by atoms with E-state index in [1.807, 2.05) is 0 Å². The quantitative estimate of drug-likeness (QED) is 0.107. The summed E-state index contributed by atoms with van der Waals surface area (Å²) >= 11 is 0. The molecule has 0 unspecified atom stereocenters. The van der Waals surface area contributed by atoms with Crippen LogP contribution in [0, 0.1) is 6.92 Å². The number of para-hydroxylation sites is 2. The molecule has 0 amide bonds. The molecule has 1 heterocycles. The van der Waals surface area contributed by atoms with E-state index >= 15 is 0 Å². The molecule has 11 rings (SSSR count). The summed E-state index contributed by atoms with van der Waals surface area (Å²) in [6.07, 6.45) is 0. The fourth-order valence-corrected chi connectivity index (χ4v) is 10.5. The normalized spacial score (nSPS) is 12.0. The van der Waals surface area contributed by atoms with Gasteiger partial charge in [0.1, 0.15) is 11.5 Å². The van der Waals surface area contributed by atoms with Crippen molar-refractivity contribution in [2.75, 3.05) is 9.80 Å². The number of rotatable bonds is 9. The van der Waals surface area contributed by atoms with Crippen molar-refractivity contribution >= 4 is 79.7 Å². The van der Waals surface area contributed by atoms with Crippen molar-refractivity contribution in [3.8, 4) is 33.8 Å². The lowest BCUT2D eigenvalue weighted by Crippen LogP contribution is -2.37. The SMILES string of the molecule is Cc1ccc(N(c2ccccc2-c2ccccc2)c2cc3ccc4cc(N(c5ccc([Si](C)(C)C)cc5)c5ccccc5-c5ccccc5)cc5c4c3c3c(cccc23)O5)cc1. The van der Waals surface area contributed by atoms with Crippen molar-refractivity contribution in [2.24, 2.45) is 0 Å². The van der Waals surface area contributed by atoms with Crippen LogP contribution >= 0.6 is 0 Å². The minimum Gasteiger partial charge on any atom is -0.456 e. The van der Waals surface area contributed by atoms with Crippen molar-refractivity contribution in [2.45, 2.75) is 26.6 Å². The van der Waals surface area contributed by atoms with E-state index in [0.29, 0.717) is 0 Å². The third-order valence-electron chi connectivity index (χ3n) is 12.4. The van der Waals surface area contributed by atoms with E-state index < -0.39 is 8.07 Å². The predicted octanol–water partition coefficient (Wildman–Crippen LogP) is 16.4. The van der Waals surface area contributed by atoms with Crippen LogP contribution in [0.15, 0.2) is 206 Å². The Hall–Kier alpha value is -7.40. The van der Waals surface area contributed by atoms with Crippen LogP contribution in [-0.2, 0) is 0 Å². The molecule has 0 spiro atoms. The zero-order valence-electron chi connectivity index (χ0n) is 35.4. The Morgan fingerprint density at radius 1 is 0.387 bits per heavy atom. The van der Waals surface area contributed by atoms with Crippen molar-refractivity contribution in [3.63, 3.8) is 0 Å². The molecule has 0 N–H and O–H groups in total. The summed E-state index contributed by atoms with van der Waals surface area (Å²) < 4.78 is 7.14. The van der Waals surface area contributed by atoms with Gasteiger partial charge in [-0.25, -0.2) is 0 Å². The molecular weight excluding hydrogens is 769 g/mol. The summed E-state index contributed by atoms with van der Waals surface area (Å²) in [5.41, 5.74) is 12.5. The summed E-state index contributed by atoms with van der Waals surface area (Å²) in [5.74, 6) is 1.73. The smallest absolute Gasteiger partial charge is 0.138 e. The van der Waals surface area contributed by atoms with Crippen LogP contribution in [0.1, 0.15) is 5.56 Å².